The van der Waals surface area contributed by atoms with Crippen LogP contribution in [0, 0.1) is 0 Å². The van der Waals surface area contributed by atoms with Gasteiger partial charge >= 0.3 is 0 Å². The second-order valence-corrected chi connectivity index (χ2v) is 8.65. The highest BCUT2D eigenvalue weighted by Gasteiger charge is 2.33. The average Bonchev–Trinajstić information content (AvgIpc) is 3.25. The molecule has 0 radical (unpaired) electrons. The number of rotatable bonds is 4. The van der Waals surface area contributed by atoms with Crippen molar-refractivity contribution in [2.45, 2.75) is 37.8 Å². The number of aliphatic hydroxyl groups is 1. The van der Waals surface area contributed by atoms with Crippen molar-refractivity contribution in [1.29, 1.82) is 0 Å². The molecule has 4 aromatic rings. The first kappa shape index (κ1) is 19.1. The maximum absolute atomic E-state index is 10.2. The van der Waals surface area contributed by atoms with Crippen LogP contribution in [0.1, 0.15) is 26.2 Å². The van der Waals surface area contributed by atoms with Crippen molar-refractivity contribution in [3.8, 4) is 5.69 Å². The Hall–Kier alpha value is -2.85. The minimum Gasteiger partial charge on any atom is -0.390 e. The Kier molecular flexibility index (Phi) is 4.55. The zero-order valence-corrected chi connectivity index (χ0v) is 18.2. The Morgan fingerprint density at radius 3 is 2.80 bits per heavy atom. The molecule has 3 N–H and O–H groups in total. The molecule has 1 fully saturated rings. The predicted molar refractivity (Wildman–Crippen MR) is 119 cm³/mol. The smallest absolute Gasteiger partial charge is 0.224 e. The van der Waals surface area contributed by atoms with Crippen molar-refractivity contribution in [3.05, 3.63) is 35.2 Å². The molecule has 3 aromatic heterocycles. The zero-order valence-electron chi connectivity index (χ0n) is 16.6. The van der Waals surface area contributed by atoms with E-state index in [0.717, 1.165) is 34.8 Å². The molecule has 1 aliphatic rings. The number of hydrogen-bond donors (Lipinski definition) is 3. The van der Waals surface area contributed by atoms with E-state index in [1.54, 1.807) is 24.1 Å². The van der Waals surface area contributed by atoms with Crippen LogP contribution in [0.15, 0.2) is 35.2 Å². The van der Waals surface area contributed by atoms with Crippen LogP contribution < -0.4 is 10.6 Å². The van der Waals surface area contributed by atoms with E-state index in [-0.39, 0.29) is 6.04 Å². The molecule has 1 aliphatic carbocycles. The van der Waals surface area contributed by atoms with Crippen molar-refractivity contribution in [2.24, 2.45) is 0 Å². The first-order valence-corrected chi connectivity index (χ1v) is 10.6. The van der Waals surface area contributed by atoms with Crippen LogP contribution in [0.25, 0.3) is 27.6 Å². The summed E-state index contributed by atoms with van der Waals surface area (Å²) in [6, 6.07) is 6.03. The molecule has 154 valence electrons. The number of aromatic nitrogens is 6. The highest BCUT2D eigenvalue weighted by Crippen LogP contribution is 2.31. The van der Waals surface area contributed by atoms with E-state index in [9.17, 15) is 5.11 Å². The summed E-state index contributed by atoms with van der Waals surface area (Å²) in [7, 11) is 1.79. The minimum atomic E-state index is -0.632. The van der Waals surface area contributed by atoms with Gasteiger partial charge in [0.15, 0.2) is 5.65 Å². The Bertz CT molecular complexity index is 1250. The molecular formula is C20H21BrN8O. The average molecular weight is 469 g/mol. The largest absolute Gasteiger partial charge is 0.390 e. The summed E-state index contributed by atoms with van der Waals surface area (Å²) in [5.74, 6) is 1.11. The second-order valence-electron chi connectivity index (χ2n) is 7.90. The van der Waals surface area contributed by atoms with E-state index in [4.69, 9.17) is 4.98 Å². The van der Waals surface area contributed by atoms with Gasteiger partial charge in [-0.15, -0.1) is 0 Å². The van der Waals surface area contributed by atoms with Crippen molar-refractivity contribution < 1.29 is 5.11 Å². The summed E-state index contributed by atoms with van der Waals surface area (Å²) < 4.78 is 2.46. The van der Waals surface area contributed by atoms with Crippen molar-refractivity contribution in [3.63, 3.8) is 0 Å². The third-order valence-electron chi connectivity index (χ3n) is 5.46. The zero-order chi connectivity index (χ0) is 20.9. The van der Waals surface area contributed by atoms with Crippen molar-refractivity contribution in [2.75, 3.05) is 17.7 Å². The number of nitrogens with zero attached hydrogens (tertiary/aromatic N) is 6. The summed E-state index contributed by atoms with van der Waals surface area (Å²) >= 11 is 3.51. The highest BCUT2D eigenvalue weighted by atomic mass is 79.9. The summed E-state index contributed by atoms with van der Waals surface area (Å²) in [4.78, 5) is 17.9. The summed E-state index contributed by atoms with van der Waals surface area (Å²) in [5.41, 5.74) is 1.76. The van der Waals surface area contributed by atoms with E-state index >= 15 is 0 Å². The Balaban J connectivity index is 1.53. The molecular weight excluding hydrogens is 448 g/mol. The molecule has 2 atom stereocenters. The molecule has 5 rings (SSSR count). The van der Waals surface area contributed by atoms with E-state index in [1.165, 1.54) is 0 Å². The summed E-state index contributed by atoms with van der Waals surface area (Å²) in [6.07, 6.45) is 5.87. The molecule has 1 saturated carbocycles. The number of benzene rings is 1. The number of fused-ring (bicyclic) bond motifs is 2. The molecule has 0 amide bonds. The highest BCUT2D eigenvalue weighted by molar-refractivity contribution is 9.10. The van der Waals surface area contributed by atoms with E-state index in [1.807, 2.05) is 25.1 Å². The number of anilines is 2. The minimum absolute atomic E-state index is 0.149. The van der Waals surface area contributed by atoms with Crippen LogP contribution in [-0.2, 0) is 0 Å². The number of nitrogens with one attached hydrogen (secondary N) is 2. The molecule has 3 heterocycles. The molecule has 10 heteroatoms. The standard InChI is InChI=1S/C20H21BrN8O/c1-20(30)6-5-12(8-20)25-19-24-10-14-16(21)28-29(17(14)27-19)13-3-4-15-11(7-13)9-23-18(22-2)26-15/h3-4,7,9-10,12,30H,5-6,8H2,1-2H3,(H,22,23,26)(H,24,25,27)/t12-,20?/m1/s1. The summed E-state index contributed by atoms with van der Waals surface area (Å²) in [5, 5.41) is 22.9. The summed E-state index contributed by atoms with van der Waals surface area (Å²) in [6.45, 7) is 1.87. The van der Waals surface area contributed by atoms with Gasteiger partial charge in [0.25, 0.3) is 0 Å². The Labute approximate surface area is 181 Å². The first-order chi connectivity index (χ1) is 14.4. The monoisotopic (exact) mass is 468 g/mol. The fourth-order valence-electron chi connectivity index (χ4n) is 3.92. The van der Waals surface area contributed by atoms with Crippen LogP contribution in [0.3, 0.4) is 0 Å². The van der Waals surface area contributed by atoms with E-state index in [0.29, 0.717) is 28.6 Å². The Morgan fingerprint density at radius 2 is 2.03 bits per heavy atom. The first-order valence-electron chi connectivity index (χ1n) is 9.77. The quantitative estimate of drug-likeness (QED) is 0.418. The third-order valence-corrected chi connectivity index (χ3v) is 6.05. The topological polar surface area (TPSA) is 114 Å². The van der Waals surface area contributed by atoms with E-state index in [2.05, 4.69) is 46.6 Å². The Morgan fingerprint density at radius 1 is 1.20 bits per heavy atom. The van der Waals surface area contributed by atoms with Gasteiger partial charge < -0.3 is 15.7 Å². The van der Waals surface area contributed by atoms with Gasteiger partial charge in [-0.2, -0.15) is 10.1 Å². The molecule has 30 heavy (non-hydrogen) atoms. The molecule has 1 unspecified atom stereocenters. The lowest BCUT2D eigenvalue weighted by molar-refractivity contribution is 0.0673. The van der Waals surface area contributed by atoms with Crippen LogP contribution in [0.2, 0.25) is 0 Å². The van der Waals surface area contributed by atoms with Crippen LogP contribution in [0.5, 0.6) is 0 Å². The number of hydrogen-bond acceptors (Lipinski definition) is 8. The number of halogens is 1. The lowest BCUT2D eigenvalue weighted by Gasteiger charge is -2.16. The van der Waals surface area contributed by atoms with Gasteiger partial charge in [-0.05, 0) is 60.3 Å². The maximum Gasteiger partial charge on any atom is 0.224 e. The van der Waals surface area contributed by atoms with Gasteiger partial charge in [0.2, 0.25) is 11.9 Å². The van der Waals surface area contributed by atoms with Gasteiger partial charge in [0, 0.05) is 30.9 Å². The molecule has 9 nitrogen and oxygen atoms in total. The third kappa shape index (κ3) is 3.46. The predicted octanol–water partition coefficient (Wildman–Crippen LogP) is 3.28. The van der Waals surface area contributed by atoms with Crippen molar-refractivity contribution in [1.82, 2.24) is 29.7 Å². The van der Waals surface area contributed by atoms with Gasteiger partial charge in [0.1, 0.15) is 4.60 Å². The molecule has 0 spiro atoms. The van der Waals surface area contributed by atoms with Gasteiger partial charge in [-0.3, -0.25) is 0 Å². The van der Waals surface area contributed by atoms with E-state index < -0.39 is 5.60 Å². The second kappa shape index (κ2) is 7.13. The van der Waals surface area contributed by atoms with Crippen LogP contribution in [-0.4, -0.2) is 53.5 Å². The molecule has 0 bridgehead atoms. The van der Waals surface area contributed by atoms with Crippen LogP contribution in [0.4, 0.5) is 11.9 Å². The van der Waals surface area contributed by atoms with Crippen molar-refractivity contribution >= 4 is 49.8 Å². The normalized spacial score (nSPS) is 21.4. The van der Waals surface area contributed by atoms with Gasteiger partial charge in [0.05, 0.1) is 22.2 Å². The molecule has 1 aromatic carbocycles. The fourth-order valence-corrected chi connectivity index (χ4v) is 4.36. The van der Waals surface area contributed by atoms with Gasteiger partial charge in [-0.1, -0.05) is 0 Å². The molecule has 0 saturated heterocycles. The lowest BCUT2D eigenvalue weighted by Crippen LogP contribution is -2.24. The molecule has 0 aliphatic heterocycles. The lowest BCUT2D eigenvalue weighted by atomic mass is 10.1. The maximum atomic E-state index is 10.2. The fraction of sp³-hybridized carbons (Fsp3) is 0.350. The van der Waals surface area contributed by atoms with Crippen LogP contribution >= 0.6 is 15.9 Å². The van der Waals surface area contributed by atoms with Gasteiger partial charge in [-0.25, -0.2) is 19.6 Å². The SMILES string of the molecule is CNc1ncc2cc(-n3nc(Br)c4cnc(N[C@@H]5CCC(C)(O)C5)nc43)ccc2n1.